The molecule has 1 unspecified atom stereocenters. The molecule has 3 aliphatic heterocycles. The number of piperidine rings is 1. The number of amides is 3. The molecule has 2 saturated heterocycles. The number of carbonyl (C=O) groups is 3. The smallest absolute Gasteiger partial charge is 0.255 e. The SMILES string of the molecule is [2H]C1([2H])OC([2H])([2H])C([2H])([2H])N(Cc2ccc(CNc3cccc4c3CN(C3C(=O)NC(=O)C([2H])([2H])C3([2H])[2H])C4=O)c(F)c2)C1([2H])[2H]. The van der Waals surface area contributed by atoms with Crippen molar-refractivity contribution in [2.45, 2.75) is 38.4 Å². The zero-order valence-corrected chi connectivity index (χ0v) is 17.6. The van der Waals surface area contributed by atoms with Gasteiger partial charge in [0.2, 0.25) is 11.8 Å². The van der Waals surface area contributed by atoms with Gasteiger partial charge in [0.15, 0.2) is 0 Å². The van der Waals surface area contributed by atoms with Crippen LogP contribution in [0.15, 0.2) is 36.4 Å². The first-order valence-electron chi connectivity index (χ1n) is 16.2. The van der Waals surface area contributed by atoms with Crippen molar-refractivity contribution in [3.05, 3.63) is 64.5 Å². The third-order valence-electron chi connectivity index (χ3n) is 5.51. The molecule has 3 aliphatic rings. The molecule has 2 aromatic carbocycles. The average molecular weight is 479 g/mol. The van der Waals surface area contributed by atoms with Crippen molar-refractivity contribution in [1.29, 1.82) is 0 Å². The number of nitrogens with one attached hydrogen (secondary N) is 2. The Kier molecular flexibility index (Phi) is 3.48. The highest BCUT2D eigenvalue weighted by Crippen LogP contribution is 2.32. The van der Waals surface area contributed by atoms with Crippen molar-refractivity contribution >= 4 is 23.4 Å². The van der Waals surface area contributed by atoms with Crippen LogP contribution in [-0.4, -0.2) is 59.7 Å². The van der Waals surface area contributed by atoms with E-state index in [9.17, 15) is 14.4 Å². The van der Waals surface area contributed by atoms with Gasteiger partial charge in [0.05, 0.1) is 18.6 Å². The Morgan fingerprint density at radius 3 is 2.79 bits per heavy atom. The first kappa shape index (κ1) is 12.4. The number of carbonyl (C=O) groups excluding carboxylic acids is 3. The number of halogens is 1. The molecule has 3 amide bonds. The molecule has 9 heteroatoms. The van der Waals surface area contributed by atoms with Gasteiger partial charge in [0.25, 0.3) is 5.91 Å². The molecule has 8 nitrogen and oxygen atoms in total. The molecule has 0 radical (unpaired) electrons. The Morgan fingerprint density at radius 1 is 1.18 bits per heavy atom. The lowest BCUT2D eigenvalue weighted by atomic mass is 10.0. The van der Waals surface area contributed by atoms with E-state index < -0.39 is 75.0 Å². The van der Waals surface area contributed by atoms with Gasteiger partial charge in [-0.1, -0.05) is 18.2 Å². The second-order valence-electron chi connectivity index (χ2n) is 7.65. The van der Waals surface area contributed by atoms with E-state index in [-0.39, 0.29) is 29.8 Å². The van der Waals surface area contributed by atoms with Gasteiger partial charge in [0, 0.05) is 72.3 Å². The fraction of sp³-hybridized carbons (Fsp3) is 0.400. The van der Waals surface area contributed by atoms with Crippen LogP contribution in [0, 0.1) is 5.82 Å². The van der Waals surface area contributed by atoms with Gasteiger partial charge in [0.1, 0.15) is 11.9 Å². The highest BCUT2D eigenvalue weighted by molar-refractivity contribution is 6.06. The zero-order valence-electron chi connectivity index (χ0n) is 29.6. The minimum Gasteiger partial charge on any atom is -0.381 e. The van der Waals surface area contributed by atoms with Crippen LogP contribution in [0.4, 0.5) is 10.1 Å². The first-order valence-corrected chi connectivity index (χ1v) is 10.2. The van der Waals surface area contributed by atoms with Gasteiger partial charge in [-0.05, 0) is 30.1 Å². The molecule has 2 fully saturated rings. The van der Waals surface area contributed by atoms with Crippen molar-refractivity contribution in [1.82, 2.24) is 15.1 Å². The van der Waals surface area contributed by atoms with Crippen LogP contribution in [0.3, 0.4) is 0 Å². The van der Waals surface area contributed by atoms with Crippen molar-refractivity contribution in [3.8, 4) is 0 Å². The summed E-state index contributed by atoms with van der Waals surface area (Å²) in [5.74, 6) is -4.23. The van der Waals surface area contributed by atoms with E-state index in [0.29, 0.717) is 16.2 Å². The lowest BCUT2D eigenvalue weighted by Gasteiger charge is -2.29. The fourth-order valence-corrected chi connectivity index (χ4v) is 3.85. The molecule has 5 rings (SSSR count). The number of imide groups is 1. The van der Waals surface area contributed by atoms with Gasteiger partial charge in [-0.25, -0.2) is 4.39 Å². The summed E-state index contributed by atoms with van der Waals surface area (Å²) in [5.41, 5.74) is 0.770. The zero-order chi connectivity index (χ0) is 34.4. The summed E-state index contributed by atoms with van der Waals surface area (Å²) in [4.78, 5) is 39.0. The summed E-state index contributed by atoms with van der Waals surface area (Å²) in [6.07, 6.45) is -6.18. The van der Waals surface area contributed by atoms with Crippen LogP contribution < -0.4 is 10.6 Å². The third kappa shape index (κ3) is 4.53. The molecule has 2 aromatic rings. The number of nitrogens with zero attached hydrogens (tertiary/aromatic N) is 2. The highest BCUT2D eigenvalue weighted by atomic mass is 19.1. The Balaban J connectivity index is 1.35. The van der Waals surface area contributed by atoms with Crippen molar-refractivity contribution < 1.29 is 40.0 Å². The summed E-state index contributed by atoms with van der Waals surface area (Å²) in [7, 11) is 0. The van der Waals surface area contributed by atoms with Gasteiger partial charge in [-0.2, -0.15) is 0 Å². The number of anilines is 1. The van der Waals surface area contributed by atoms with Crippen molar-refractivity contribution in [2.24, 2.45) is 0 Å². The molecular formula is C25H27FN4O4. The Bertz CT molecular complexity index is 1610. The average Bonchev–Trinajstić information content (AvgIpc) is 3.25. The summed E-state index contributed by atoms with van der Waals surface area (Å²) < 4.78 is 116. The standard InChI is InChI=1S/C25H27FN4O4/c26-20-12-16(14-29-8-10-34-11-9-29)4-5-17(20)13-27-21-3-1-2-18-19(21)15-30(25(18)33)22-6-7-23(31)28-24(22)32/h1-5,12,22,27H,6-11,13-15H2,(H,28,31,32)/i6D2,7D2,8D2,9D2,10D2,11D2. The minimum atomic E-state index is -3.25. The Morgan fingerprint density at radius 2 is 2.00 bits per heavy atom. The van der Waals surface area contributed by atoms with E-state index in [1.54, 1.807) is 11.4 Å². The van der Waals surface area contributed by atoms with Crippen LogP contribution in [0.5, 0.6) is 0 Å². The number of fused-ring (bicyclic) bond motifs is 1. The van der Waals surface area contributed by atoms with E-state index in [0.717, 1.165) is 11.0 Å². The van der Waals surface area contributed by atoms with Crippen molar-refractivity contribution in [2.75, 3.05) is 31.4 Å². The third-order valence-corrected chi connectivity index (χ3v) is 5.51. The second kappa shape index (κ2) is 9.52. The number of morpholine rings is 1. The van der Waals surface area contributed by atoms with Crippen LogP contribution >= 0.6 is 0 Å². The highest BCUT2D eigenvalue weighted by Gasteiger charge is 2.39. The van der Waals surface area contributed by atoms with E-state index in [4.69, 9.17) is 16.4 Å². The van der Waals surface area contributed by atoms with E-state index in [2.05, 4.69) is 10.1 Å². The number of hydrogen-bond donors (Lipinski definition) is 2. The summed E-state index contributed by atoms with van der Waals surface area (Å²) in [6, 6.07) is 6.07. The number of hydrogen-bond acceptors (Lipinski definition) is 6. The van der Waals surface area contributed by atoms with Crippen LogP contribution in [0.25, 0.3) is 0 Å². The maximum atomic E-state index is 15.2. The summed E-state index contributed by atoms with van der Waals surface area (Å²) in [6.45, 7) is -14.0. The normalized spacial score (nSPS) is 35.0. The van der Waals surface area contributed by atoms with Gasteiger partial charge in [-0.15, -0.1) is 0 Å². The molecular weight excluding hydrogens is 439 g/mol. The van der Waals surface area contributed by atoms with Crippen LogP contribution in [-0.2, 0) is 34.0 Å². The molecule has 2 N–H and O–H groups in total. The predicted molar refractivity (Wildman–Crippen MR) is 122 cm³/mol. The van der Waals surface area contributed by atoms with E-state index in [1.807, 2.05) is 0 Å². The Hall–Kier alpha value is -3.30. The van der Waals surface area contributed by atoms with Crippen LogP contribution in [0.2, 0.25) is 0 Å². The lowest BCUT2D eigenvalue weighted by Crippen LogP contribution is -2.52. The van der Waals surface area contributed by atoms with Crippen LogP contribution in [0.1, 0.15) is 56.2 Å². The number of rotatable bonds is 6. The molecule has 0 aromatic heterocycles. The van der Waals surface area contributed by atoms with E-state index in [1.165, 1.54) is 24.3 Å². The molecule has 0 aliphatic carbocycles. The quantitative estimate of drug-likeness (QED) is 0.618. The van der Waals surface area contributed by atoms with Gasteiger partial charge >= 0.3 is 0 Å². The van der Waals surface area contributed by atoms with Gasteiger partial charge in [-0.3, -0.25) is 24.6 Å². The summed E-state index contributed by atoms with van der Waals surface area (Å²) in [5, 5.41) is 4.74. The predicted octanol–water partition coefficient (Wildman–Crippen LogP) is 2.03. The van der Waals surface area contributed by atoms with Gasteiger partial charge < -0.3 is 15.0 Å². The minimum absolute atomic E-state index is 0.00251. The lowest BCUT2D eigenvalue weighted by molar-refractivity contribution is -0.136. The number of benzene rings is 2. The molecule has 178 valence electrons. The molecule has 3 heterocycles. The summed E-state index contributed by atoms with van der Waals surface area (Å²) >= 11 is 0. The maximum Gasteiger partial charge on any atom is 0.255 e. The molecule has 1 atom stereocenters. The first-order chi connectivity index (χ1) is 21.0. The molecule has 0 saturated carbocycles. The topological polar surface area (TPSA) is 91.0 Å². The maximum absolute atomic E-state index is 15.2. The fourth-order valence-electron chi connectivity index (χ4n) is 3.85. The van der Waals surface area contributed by atoms with Crippen molar-refractivity contribution in [3.63, 3.8) is 0 Å². The molecule has 0 spiro atoms. The molecule has 0 bridgehead atoms. The number of ether oxygens (including phenoxy) is 1. The van der Waals surface area contributed by atoms with E-state index >= 15 is 4.39 Å². The monoisotopic (exact) mass is 478 g/mol. The second-order valence-corrected chi connectivity index (χ2v) is 7.65. The Labute approximate surface area is 213 Å². The molecule has 34 heavy (non-hydrogen) atoms. The largest absolute Gasteiger partial charge is 0.381 e.